The first kappa shape index (κ1) is 17.9. The fourth-order valence-corrected chi connectivity index (χ4v) is 4.95. The summed E-state index contributed by atoms with van der Waals surface area (Å²) in [6, 6.07) is 13.9. The molecule has 2 amide bonds. The van der Waals surface area contributed by atoms with Crippen LogP contribution in [0.25, 0.3) is 10.4 Å². The first-order valence-electron chi connectivity index (χ1n) is 8.96. The molecule has 1 aliphatic rings. The summed E-state index contributed by atoms with van der Waals surface area (Å²) in [7, 11) is 0. The van der Waals surface area contributed by atoms with Gasteiger partial charge in [-0.15, -0.1) is 22.7 Å². The van der Waals surface area contributed by atoms with Gasteiger partial charge in [-0.1, -0.05) is 24.3 Å². The van der Waals surface area contributed by atoms with Crippen LogP contribution in [-0.4, -0.2) is 23.3 Å². The fourth-order valence-electron chi connectivity index (χ4n) is 3.29. The number of carbonyl (C=O) groups is 2. The Labute approximate surface area is 166 Å². The Hall–Kier alpha value is -2.44. The van der Waals surface area contributed by atoms with Crippen molar-refractivity contribution < 1.29 is 9.59 Å². The van der Waals surface area contributed by atoms with Crippen molar-refractivity contribution in [1.29, 1.82) is 0 Å². The van der Waals surface area contributed by atoms with Gasteiger partial charge in [-0.05, 0) is 40.9 Å². The Bertz CT molecular complexity index is 947. The zero-order valence-corrected chi connectivity index (χ0v) is 16.4. The summed E-state index contributed by atoms with van der Waals surface area (Å²) in [5.74, 6) is -0.0749. The van der Waals surface area contributed by atoms with Gasteiger partial charge in [0.05, 0.1) is 0 Å². The van der Waals surface area contributed by atoms with E-state index < -0.39 is 0 Å². The van der Waals surface area contributed by atoms with Gasteiger partial charge >= 0.3 is 0 Å². The lowest BCUT2D eigenvalue weighted by atomic mass is 10.1. The molecule has 0 spiro atoms. The van der Waals surface area contributed by atoms with Gasteiger partial charge in [-0.2, -0.15) is 0 Å². The maximum atomic E-state index is 12.5. The first-order valence-corrected chi connectivity index (χ1v) is 10.7. The van der Waals surface area contributed by atoms with Crippen LogP contribution in [0.3, 0.4) is 0 Å². The van der Waals surface area contributed by atoms with Crippen LogP contribution in [0.4, 0.5) is 5.69 Å². The third kappa shape index (κ3) is 4.12. The van der Waals surface area contributed by atoms with Gasteiger partial charge in [-0.25, -0.2) is 0 Å². The molecule has 0 atom stereocenters. The average molecular weight is 397 g/mol. The van der Waals surface area contributed by atoms with Gasteiger partial charge in [0.2, 0.25) is 11.8 Å². The molecule has 0 unspecified atom stereocenters. The molecule has 0 radical (unpaired) electrons. The van der Waals surface area contributed by atoms with E-state index in [1.807, 2.05) is 46.7 Å². The van der Waals surface area contributed by atoms with Crippen molar-refractivity contribution in [2.24, 2.45) is 0 Å². The van der Waals surface area contributed by atoms with Crippen LogP contribution in [0.2, 0.25) is 0 Å². The lowest BCUT2D eigenvalue weighted by Gasteiger charge is -2.27. The summed E-state index contributed by atoms with van der Waals surface area (Å²) >= 11 is 3.40. The second-order valence-corrected chi connectivity index (χ2v) is 8.45. The predicted octanol–water partition coefficient (Wildman–Crippen LogP) is 4.78. The van der Waals surface area contributed by atoms with Crippen LogP contribution in [0.5, 0.6) is 0 Å². The van der Waals surface area contributed by atoms with Gasteiger partial charge in [0.25, 0.3) is 0 Å². The molecule has 4 rings (SSSR count). The van der Waals surface area contributed by atoms with Crippen LogP contribution in [0.15, 0.2) is 53.2 Å². The second-order valence-electron chi connectivity index (χ2n) is 6.51. The van der Waals surface area contributed by atoms with E-state index in [9.17, 15) is 9.59 Å². The summed E-state index contributed by atoms with van der Waals surface area (Å²) in [4.78, 5) is 29.2. The first-order chi connectivity index (χ1) is 13.2. The quantitative estimate of drug-likeness (QED) is 0.675. The number of fused-ring (bicyclic) bond motifs is 1. The molecule has 0 fully saturated rings. The Morgan fingerprint density at radius 3 is 2.74 bits per heavy atom. The standard InChI is InChI=1S/C21H20N2O2S2/c24-20(22-17-5-2-1-4-16(17)19-6-3-12-26-19)7-8-21(25)23-11-9-18-15(14-23)10-13-27-18/h1-6,10,12-13H,7-9,11,14H2,(H,22,24). The van der Waals surface area contributed by atoms with Gasteiger partial charge in [0.15, 0.2) is 0 Å². The summed E-state index contributed by atoms with van der Waals surface area (Å²) < 4.78 is 0. The number of carbonyl (C=O) groups excluding carboxylic acids is 2. The molecule has 138 valence electrons. The normalized spacial score (nSPS) is 13.3. The molecule has 1 aromatic carbocycles. The molecule has 3 heterocycles. The third-order valence-corrected chi connectivity index (χ3v) is 6.64. The largest absolute Gasteiger partial charge is 0.338 e. The Kier molecular flexibility index (Phi) is 5.36. The lowest BCUT2D eigenvalue weighted by Crippen LogP contribution is -2.35. The number of nitrogens with zero attached hydrogens (tertiary/aromatic N) is 1. The van der Waals surface area contributed by atoms with Crippen LogP contribution in [0, 0.1) is 0 Å². The number of hydrogen-bond donors (Lipinski definition) is 1. The molecule has 2 aromatic heterocycles. The highest BCUT2D eigenvalue weighted by Crippen LogP contribution is 2.31. The van der Waals surface area contributed by atoms with Gasteiger partial charge < -0.3 is 10.2 Å². The molecular weight excluding hydrogens is 376 g/mol. The lowest BCUT2D eigenvalue weighted by molar-refractivity contribution is -0.133. The minimum atomic E-state index is -0.124. The maximum Gasteiger partial charge on any atom is 0.224 e. The van der Waals surface area contributed by atoms with Crippen LogP contribution in [0.1, 0.15) is 23.3 Å². The molecule has 27 heavy (non-hydrogen) atoms. The second kappa shape index (κ2) is 8.06. The molecule has 4 nitrogen and oxygen atoms in total. The molecule has 6 heteroatoms. The van der Waals surface area contributed by atoms with E-state index in [4.69, 9.17) is 0 Å². The van der Waals surface area contributed by atoms with Crippen molar-refractivity contribution in [3.63, 3.8) is 0 Å². The minimum absolute atomic E-state index is 0.0496. The number of para-hydroxylation sites is 1. The van der Waals surface area contributed by atoms with Crippen molar-refractivity contribution in [2.75, 3.05) is 11.9 Å². The monoisotopic (exact) mass is 396 g/mol. The van der Waals surface area contributed by atoms with E-state index in [-0.39, 0.29) is 24.7 Å². The van der Waals surface area contributed by atoms with Crippen molar-refractivity contribution in [1.82, 2.24) is 4.90 Å². The van der Waals surface area contributed by atoms with E-state index in [1.165, 1.54) is 10.4 Å². The number of anilines is 1. The van der Waals surface area contributed by atoms with Gasteiger partial charge in [-0.3, -0.25) is 9.59 Å². The fraction of sp³-hybridized carbons (Fsp3) is 0.238. The Balaban J connectivity index is 1.34. The predicted molar refractivity (Wildman–Crippen MR) is 111 cm³/mol. The zero-order valence-electron chi connectivity index (χ0n) is 14.8. The topological polar surface area (TPSA) is 49.4 Å². The van der Waals surface area contributed by atoms with Crippen molar-refractivity contribution >= 4 is 40.2 Å². The summed E-state index contributed by atoms with van der Waals surface area (Å²) in [6.07, 6.45) is 1.36. The molecule has 1 N–H and O–H groups in total. The van der Waals surface area contributed by atoms with Crippen LogP contribution >= 0.6 is 22.7 Å². The highest BCUT2D eigenvalue weighted by Gasteiger charge is 2.22. The molecular formula is C21H20N2O2S2. The molecule has 0 bridgehead atoms. The van der Waals surface area contributed by atoms with Gasteiger partial charge in [0, 0.05) is 46.9 Å². The summed E-state index contributed by atoms with van der Waals surface area (Å²) in [5, 5.41) is 7.07. The SMILES string of the molecule is O=C(CCC(=O)N1CCc2sccc2C1)Nc1ccccc1-c1cccs1. The van der Waals surface area contributed by atoms with Crippen molar-refractivity contribution in [2.45, 2.75) is 25.8 Å². The third-order valence-electron chi connectivity index (χ3n) is 4.71. The Morgan fingerprint density at radius 2 is 1.89 bits per heavy atom. The summed E-state index contributed by atoms with van der Waals surface area (Å²) in [6.45, 7) is 1.41. The van der Waals surface area contributed by atoms with Crippen LogP contribution in [-0.2, 0) is 22.6 Å². The number of nitrogens with one attached hydrogen (secondary N) is 1. The minimum Gasteiger partial charge on any atom is -0.338 e. The average Bonchev–Trinajstić information content (AvgIpc) is 3.37. The van der Waals surface area contributed by atoms with Gasteiger partial charge in [0.1, 0.15) is 0 Å². The maximum absolute atomic E-state index is 12.5. The van der Waals surface area contributed by atoms with Crippen LogP contribution < -0.4 is 5.32 Å². The van der Waals surface area contributed by atoms with E-state index in [2.05, 4.69) is 16.8 Å². The molecule has 3 aromatic rings. The molecule has 0 saturated carbocycles. The van der Waals surface area contributed by atoms with E-state index in [0.29, 0.717) is 6.54 Å². The van der Waals surface area contributed by atoms with E-state index in [0.717, 1.165) is 29.1 Å². The zero-order chi connectivity index (χ0) is 18.6. The highest BCUT2D eigenvalue weighted by atomic mass is 32.1. The Morgan fingerprint density at radius 1 is 1.00 bits per heavy atom. The highest BCUT2D eigenvalue weighted by molar-refractivity contribution is 7.13. The number of rotatable bonds is 5. The number of benzene rings is 1. The number of hydrogen-bond acceptors (Lipinski definition) is 4. The number of thiophene rings is 2. The van der Waals surface area contributed by atoms with Crippen molar-refractivity contribution in [3.05, 3.63) is 63.7 Å². The summed E-state index contributed by atoms with van der Waals surface area (Å²) in [5.41, 5.74) is 3.04. The molecule has 0 aliphatic carbocycles. The van der Waals surface area contributed by atoms with E-state index in [1.54, 1.807) is 22.7 Å². The smallest absolute Gasteiger partial charge is 0.224 e. The van der Waals surface area contributed by atoms with Crippen molar-refractivity contribution in [3.8, 4) is 10.4 Å². The van der Waals surface area contributed by atoms with E-state index >= 15 is 0 Å². The molecule has 1 aliphatic heterocycles. The number of amides is 2. The molecule has 0 saturated heterocycles.